The smallest absolute Gasteiger partial charge is 0.255 e. The fourth-order valence-corrected chi connectivity index (χ4v) is 2.76. The molecule has 2 N–H and O–H groups in total. The Morgan fingerprint density at radius 1 is 1.13 bits per heavy atom. The van der Waals surface area contributed by atoms with E-state index >= 15 is 0 Å². The summed E-state index contributed by atoms with van der Waals surface area (Å²) in [4.78, 5) is 24.4. The van der Waals surface area contributed by atoms with E-state index < -0.39 is 5.41 Å². The maximum atomic E-state index is 12.4. The van der Waals surface area contributed by atoms with Gasteiger partial charge in [-0.15, -0.1) is 0 Å². The Morgan fingerprint density at radius 2 is 1.83 bits per heavy atom. The van der Waals surface area contributed by atoms with Crippen LogP contribution in [-0.2, 0) is 16.6 Å². The van der Waals surface area contributed by atoms with Gasteiger partial charge in [-0.05, 0) is 55.7 Å². The Bertz CT molecular complexity index is 776. The van der Waals surface area contributed by atoms with E-state index in [0.29, 0.717) is 11.3 Å². The lowest BCUT2D eigenvalue weighted by molar-refractivity contribution is -0.119. The normalized spacial score (nSPS) is 15.0. The number of amides is 2. The van der Waals surface area contributed by atoms with Gasteiger partial charge in [-0.25, -0.2) is 0 Å². The van der Waals surface area contributed by atoms with E-state index in [1.165, 1.54) is 5.56 Å². The van der Waals surface area contributed by atoms with E-state index in [1.54, 1.807) is 12.1 Å². The van der Waals surface area contributed by atoms with Crippen LogP contribution in [0.3, 0.4) is 0 Å². The Kier molecular flexibility index (Phi) is 3.68. The molecule has 2 amide bonds. The number of rotatable bonds is 3. The first-order valence-corrected chi connectivity index (χ1v) is 7.78. The van der Waals surface area contributed by atoms with E-state index in [2.05, 4.69) is 17.6 Å². The van der Waals surface area contributed by atoms with Crippen LogP contribution in [0.5, 0.6) is 0 Å². The lowest BCUT2D eigenvalue weighted by Gasteiger charge is -2.15. The van der Waals surface area contributed by atoms with Crippen molar-refractivity contribution in [3.05, 3.63) is 59.2 Å². The molecular formula is C19H20N2O2. The molecule has 2 aromatic carbocycles. The van der Waals surface area contributed by atoms with Crippen LogP contribution in [0.2, 0.25) is 0 Å². The molecule has 23 heavy (non-hydrogen) atoms. The van der Waals surface area contributed by atoms with Crippen molar-refractivity contribution < 1.29 is 9.59 Å². The molecule has 1 aliphatic heterocycles. The van der Waals surface area contributed by atoms with Gasteiger partial charge in [0.05, 0.1) is 5.41 Å². The molecule has 2 aromatic rings. The summed E-state index contributed by atoms with van der Waals surface area (Å²) in [5.41, 5.74) is 3.60. The number of benzene rings is 2. The molecule has 0 unspecified atom stereocenters. The van der Waals surface area contributed by atoms with E-state index in [-0.39, 0.29) is 11.8 Å². The molecule has 0 aliphatic carbocycles. The SMILES string of the molecule is CCc1ccc(NC(=O)c2ccc3c(c2)NC(=O)C3(C)C)cc1. The highest BCUT2D eigenvalue weighted by Gasteiger charge is 2.38. The van der Waals surface area contributed by atoms with E-state index in [4.69, 9.17) is 0 Å². The number of hydrogen-bond acceptors (Lipinski definition) is 2. The quantitative estimate of drug-likeness (QED) is 0.907. The minimum atomic E-state index is -0.555. The number of nitrogens with one attached hydrogen (secondary N) is 2. The zero-order chi connectivity index (χ0) is 16.6. The maximum absolute atomic E-state index is 12.4. The van der Waals surface area contributed by atoms with Crippen molar-refractivity contribution in [1.82, 2.24) is 0 Å². The summed E-state index contributed by atoms with van der Waals surface area (Å²) >= 11 is 0. The minimum absolute atomic E-state index is 0.0415. The summed E-state index contributed by atoms with van der Waals surface area (Å²) in [5.74, 6) is -0.226. The summed E-state index contributed by atoms with van der Waals surface area (Å²) in [5, 5.41) is 5.72. The van der Waals surface area contributed by atoms with Gasteiger partial charge in [-0.2, -0.15) is 0 Å². The van der Waals surface area contributed by atoms with Crippen molar-refractivity contribution in [1.29, 1.82) is 0 Å². The largest absolute Gasteiger partial charge is 0.325 e. The molecule has 0 atom stereocenters. The maximum Gasteiger partial charge on any atom is 0.255 e. The molecule has 4 nitrogen and oxygen atoms in total. The zero-order valence-electron chi connectivity index (χ0n) is 13.6. The third-order valence-electron chi connectivity index (χ3n) is 4.39. The molecule has 0 saturated heterocycles. The zero-order valence-corrected chi connectivity index (χ0v) is 13.6. The first kappa shape index (κ1) is 15.3. The van der Waals surface area contributed by atoms with Gasteiger partial charge < -0.3 is 10.6 Å². The summed E-state index contributed by atoms with van der Waals surface area (Å²) in [6.45, 7) is 5.85. The van der Waals surface area contributed by atoms with Crippen molar-refractivity contribution in [2.24, 2.45) is 0 Å². The highest BCUT2D eigenvalue weighted by atomic mass is 16.2. The fraction of sp³-hybridized carbons (Fsp3) is 0.263. The Hall–Kier alpha value is -2.62. The first-order chi connectivity index (χ1) is 10.9. The van der Waals surface area contributed by atoms with Crippen molar-refractivity contribution in [2.75, 3.05) is 10.6 Å². The van der Waals surface area contributed by atoms with Crippen LogP contribution in [-0.4, -0.2) is 11.8 Å². The lowest BCUT2D eigenvalue weighted by Crippen LogP contribution is -2.26. The van der Waals surface area contributed by atoms with E-state index in [0.717, 1.165) is 17.7 Å². The number of hydrogen-bond donors (Lipinski definition) is 2. The van der Waals surface area contributed by atoms with Crippen LogP contribution in [0.1, 0.15) is 42.3 Å². The average molecular weight is 308 g/mol. The van der Waals surface area contributed by atoms with Gasteiger partial charge in [0.15, 0.2) is 0 Å². The summed E-state index contributed by atoms with van der Waals surface area (Å²) < 4.78 is 0. The second kappa shape index (κ2) is 5.54. The second-order valence-corrected chi connectivity index (χ2v) is 6.34. The number of fused-ring (bicyclic) bond motifs is 1. The molecule has 3 rings (SSSR count). The van der Waals surface area contributed by atoms with E-state index in [9.17, 15) is 9.59 Å². The third-order valence-corrected chi connectivity index (χ3v) is 4.39. The minimum Gasteiger partial charge on any atom is -0.325 e. The van der Waals surface area contributed by atoms with Crippen molar-refractivity contribution in [3.8, 4) is 0 Å². The molecule has 0 saturated carbocycles. The van der Waals surface area contributed by atoms with Crippen LogP contribution >= 0.6 is 0 Å². The topological polar surface area (TPSA) is 58.2 Å². The second-order valence-electron chi connectivity index (χ2n) is 6.34. The predicted octanol–water partition coefficient (Wildman–Crippen LogP) is 3.73. The highest BCUT2D eigenvalue weighted by molar-refractivity contribution is 6.09. The van der Waals surface area contributed by atoms with Gasteiger partial charge in [0.1, 0.15) is 0 Å². The molecular weight excluding hydrogens is 288 g/mol. The van der Waals surface area contributed by atoms with Crippen LogP contribution < -0.4 is 10.6 Å². The van der Waals surface area contributed by atoms with Gasteiger partial charge in [0.2, 0.25) is 5.91 Å². The van der Waals surface area contributed by atoms with Crippen molar-refractivity contribution >= 4 is 23.2 Å². The lowest BCUT2D eigenvalue weighted by atomic mass is 9.86. The van der Waals surface area contributed by atoms with Gasteiger partial charge in [0, 0.05) is 16.9 Å². The number of carbonyl (C=O) groups is 2. The summed E-state index contributed by atoms with van der Waals surface area (Å²) in [7, 11) is 0. The third kappa shape index (κ3) is 2.72. The van der Waals surface area contributed by atoms with Crippen molar-refractivity contribution in [3.63, 3.8) is 0 Å². The standard InChI is InChI=1S/C19H20N2O2/c1-4-12-5-8-14(9-6-12)20-17(22)13-7-10-15-16(11-13)21-18(23)19(15,2)3/h5-11H,4H2,1-3H3,(H,20,22)(H,21,23). The van der Waals surface area contributed by atoms with Crippen LogP contribution in [0.25, 0.3) is 0 Å². The Balaban J connectivity index is 1.81. The van der Waals surface area contributed by atoms with Crippen molar-refractivity contribution in [2.45, 2.75) is 32.6 Å². The van der Waals surface area contributed by atoms with Gasteiger partial charge in [-0.1, -0.05) is 25.1 Å². The molecule has 118 valence electrons. The van der Waals surface area contributed by atoms with Gasteiger partial charge in [0.25, 0.3) is 5.91 Å². The molecule has 4 heteroatoms. The molecule has 1 aliphatic rings. The highest BCUT2D eigenvalue weighted by Crippen LogP contribution is 2.37. The Labute approximate surface area is 135 Å². The molecule has 0 aromatic heterocycles. The molecule has 0 spiro atoms. The van der Waals surface area contributed by atoms with Gasteiger partial charge in [-0.3, -0.25) is 9.59 Å². The van der Waals surface area contributed by atoms with Crippen LogP contribution in [0.15, 0.2) is 42.5 Å². The summed E-state index contributed by atoms with van der Waals surface area (Å²) in [6, 6.07) is 13.1. The number of aryl methyl sites for hydroxylation is 1. The molecule has 1 heterocycles. The number of carbonyl (C=O) groups excluding carboxylic acids is 2. The molecule has 0 fully saturated rings. The van der Waals surface area contributed by atoms with E-state index in [1.807, 2.05) is 44.2 Å². The number of anilines is 2. The monoisotopic (exact) mass is 308 g/mol. The first-order valence-electron chi connectivity index (χ1n) is 7.78. The van der Waals surface area contributed by atoms with Crippen LogP contribution in [0, 0.1) is 0 Å². The van der Waals surface area contributed by atoms with Gasteiger partial charge >= 0.3 is 0 Å². The molecule has 0 bridgehead atoms. The van der Waals surface area contributed by atoms with Crippen LogP contribution in [0.4, 0.5) is 11.4 Å². The Morgan fingerprint density at radius 3 is 2.48 bits per heavy atom. The molecule has 0 radical (unpaired) electrons. The average Bonchev–Trinajstić information content (AvgIpc) is 2.77. The fourth-order valence-electron chi connectivity index (χ4n) is 2.76. The summed E-state index contributed by atoms with van der Waals surface area (Å²) in [6.07, 6.45) is 0.967. The predicted molar refractivity (Wildman–Crippen MR) is 91.9 cm³/mol.